The third-order valence-electron chi connectivity index (χ3n) is 1.70. The van der Waals surface area contributed by atoms with Crippen molar-refractivity contribution in [3.63, 3.8) is 0 Å². The summed E-state index contributed by atoms with van der Waals surface area (Å²) in [6.07, 6.45) is 1.07. The summed E-state index contributed by atoms with van der Waals surface area (Å²) in [5.74, 6) is 0. The lowest BCUT2D eigenvalue weighted by Gasteiger charge is -2.01. The molecule has 2 heteroatoms. The van der Waals surface area contributed by atoms with Crippen molar-refractivity contribution in [3.8, 4) is 0 Å². The molecule has 0 aliphatic rings. The van der Waals surface area contributed by atoms with Crippen LogP contribution in [0.5, 0.6) is 0 Å². The van der Waals surface area contributed by atoms with Gasteiger partial charge in [0.2, 0.25) is 0 Å². The van der Waals surface area contributed by atoms with Gasteiger partial charge in [-0.15, -0.1) is 11.3 Å². The number of hydrogen-bond donors (Lipinski definition) is 1. The zero-order chi connectivity index (χ0) is 8.27. The minimum absolute atomic E-state index is 0.563. The zero-order valence-electron chi connectivity index (χ0n) is 6.76. The van der Waals surface area contributed by atoms with Gasteiger partial charge in [0.25, 0.3) is 0 Å². The van der Waals surface area contributed by atoms with Gasteiger partial charge in [-0.3, -0.25) is 0 Å². The van der Waals surface area contributed by atoms with Crippen LogP contribution in [0.3, 0.4) is 0 Å². The van der Waals surface area contributed by atoms with Gasteiger partial charge in [-0.2, -0.15) is 0 Å². The molecule has 0 radical (unpaired) electrons. The van der Waals surface area contributed by atoms with Gasteiger partial charge in [0.15, 0.2) is 0 Å². The van der Waals surface area contributed by atoms with E-state index in [0.29, 0.717) is 6.54 Å². The summed E-state index contributed by atoms with van der Waals surface area (Å²) in [7, 11) is 0. The van der Waals surface area contributed by atoms with E-state index in [0.717, 1.165) is 12.0 Å². The van der Waals surface area contributed by atoms with Crippen LogP contribution in [0.15, 0.2) is 18.0 Å². The number of thiophene rings is 1. The molecule has 0 fully saturated rings. The normalized spacial score (nSPS) is 10.0. The van der Waals surface area contributed by atoms with E-state index in [-0.39, 0.29) is 0 Å². The van der Waals surface area contributed by atoms with Crippen molar-refractivity contribution in [3.05, 3.63) is 28.5 Å². The largest absolute Gasteiger partial charge is 0.326 e. The van der Waals surface area contributed by atoms with E-state index < -0.39 is 0 Å². The Hall–Kier alpha value is -0.600. The lowest BCUT2D eigenvalue weighted by molar-refractivity contribution is 1.14. The summed E-state index contributed by atoms with van der Waals surface area (Å²) < 4.78 is 0. The molecule has 11 heavy (non-hydrogen) atoms. The van der Waals surface area contributed by atoms with Gasteiger partial charge in [-0.25, -0.2) is 0 Å². The number of aryl methyl sites for hydroxylation is 1. The number of rotatable bonds is 3. The Kier molecular flexibility index (Phi) is 2.85. The van der Waals surface area contributed by atoms with E-state index in [9.17, 15) is 0 Å². The Labute approximate surface area is 71.5 Å². The van der Waals surface area contributed by atoms with Crippen LogP contribution in [-0.4, -0.2) is 6.54 Å². The Balaban J connectivity index is 2.92. The average molecular weight is 167 g/mol. The fraction of sp³-hybridized carbons (Fsp3) is 0.333. The van der Waals surface area contributed by atoms with Gasteiger partial charge in [0.1, 0.15) is 0 Å². The van der Waals surface area contributed by atoms with E-state index in [1.807, 2.05) is 0 Å². The maximum absolute atomic E-state index is 5.49. The van der Waals surface area contributed by atoms with Crippen molar-refractivity contribution in [2.75, 3.05) is 6.54 Å². The molecule has 0 atom stereocenters. The van der Waals surface area contributed by atoms with Crippen LogP contribution in [0.4, 0.5) is 0 Å². The molecule has 0 saturated carbocycles. The second-order valence-electron chi connectivity index (χ2n) is 2.44. The van der Waals surface area contributed by atoms with Crippen molar-refractivity contribution in [1.29, 1.82) is 0 Å². The van der Waals surface area contributed by atoms with Crippen molar-refractivity contribution in [1.82, 2.24) is 0 Å². The molecule has 1 aromatic heterocycles. The predicted molar refractivity (Wildman–Crippen MR) is 51.8 cm³/mol. The van der Waals surface area contributed by atoms with E-state index in [2.05, 4.69) is 24.9 Å². The minimum Gasteiger partial charge on any atom is -0.326 e. The van der Waals surface area contributed by atoms with Gasteiger partial charge in [0, 0.05) is 11.4 Å². The smallest absolute Gasteiger partial charge is 0.0341 e. The van der Waals surface area contributed by atoms with Crippen LogP contribution in [0, 0.1) is 0 Å². The first-order valence-corrected chi connectivity index (χ1v) is 4.62. The molecular formula is C9H13NS. The van der Waals surface area contributed by atoms with Crippen LogP contribution in [0.2, 0.25) is 0 Å². The lowest BCUT2D eigenvalue weighted by atomic mass is 10.1. The summed E-state index contributed by atoms with van der Waals surface area (Å²) >= 11 is 1.73. The van der Waals surface area contributed by atoms with Crippen LogP contribution in [0.25, 0.3) is 5.57 Å². The molecule has 1 nitrogen and oxygen atoms in total. The minimum atomic E-state index is 0.563. The third-order valence-corrected chi connectivity index (χ3v) is 2.75. The van der Waals surface area contributed by atoms with Crippen molar-refractivity contribution >= 4 is 16.9 Å². The quantitative estimate of drug-likeness (QED) is 0.734. The van der Waals surface area contributed by atoms with Gasteiger partial charge in [-0.05, 0) is 29.0 Å². The molecule has 0 aromatic carbocycles. The van der Waals surface area contributed by atoms with E-state index in [1.54, 1.807) is 11.3 Å². The lowest BCUT2D eigenvalue weighted by Crippen LogP contribution is -2.00. The fourth-order valence-corrected chi connectivity index (χ4v) is 2.00. The summed E-state index contributed by atoms with van der Waals surface area (Å²) in [6, 6.07) is 2.14. The first-order chi connectivity index (χ1) is 5.29. The van der Waals surface area contributed by atoms with Crippen LogP contribution < -0.4 is 5.73 Å². The molecular weight excluding hydrogens is 154 g/mol. The first-order valence-electron chi connectivity index (χ1n) is 3.74. The highest BCUT2D eigenvalue weighted by Gasteiger charge is 2.03. The monoisotopic (exact) mass is 167 g/mol. The Morgan fingerprint density at radius 3 is 3.00 bits per heavy atom. The molecule has 0 saturated heterocycles. The summed E-state index contributed by atoms with van der Waals surface area (Å²) in [5.41, 5.74) is 7.91. The molecule has 60 valence electrons. The van der Waals surface area contributed by atoms with E-state index >= 15 is 0 Å². The molecule has 0 bridgehead atoms. The Bertz CT molecular complexity index is 250. The summed E-state index contributed by atoms with van der Waals surface area (Å²) in [6.45, 7) is 6.62. The highest BCUT2D eigenvalue weighted by Crippen LogP contribution is 2.23. The average Bonchev–Trinajstić information content (AvgIpc) is 2.50. The van der Waals surface area contributed by atoms with E-state index in [1.165, 1.54) is 10.4 Å². The summed E-state index contributed by atoms with van der Waals surface area (Å²) in [4.78, 5) is 1.27. The molecule has 0 amide bonds. The topological polar surface area (TPSA) is 26.0 Å². The van der Waals surface area contributed by atoms with Crippen molar-refractivity contribution < 1.29 is 0 Å². The summed E-state index contributed by atoms with van der Waals surface area (Å²) in [5, 5.41) is 2.09. The maximum atomic E-state index is 5.49. The molecule has 0 aliphatic heterocycles. The number of nitrogens with two attached hydrogens (primary N) is 1. The van der Waals surface area contributed by atoms with Crippen LogP contribution in [-0.2, 0) is 6.42 Å². The molecule has 1 heterocycles. The molecule has 1 aromatic rings. The Morgan fingerprint density at radius 2 is 2.45 bits per heavy atom. The van der Waals surface area contributed by atoms with Crippen molar-refractivity contribution in [2.45, 2.75) is 13.3 Å². The van der Waals surface area contributed by atoms with Gasteiger partial charge >= 0.3 is 0 Å². The molecule has 0 unspecified atom stereocenters. The van der Waals surface area contributed by atoms with Crippen LogP contribution >= 0.6 is 11.3 Å². The molecule has 0 aliphatic carbocycles. The molecule has 2 N–H and O–H groups in total. The van der Waals surface area contributed by atoms with Crippen molar-refractivity contribution in [2.24, 2.45) is 5.73 Å². The predicted octanol–water partition coefficient (Wildman–Crippen LogP) is 2.28. The number of hydrogen-bond acceptors (Lipinski definition) is 2. The van der Waals surface area contributed by atoms with Gasteiger partial charge in [-0.1, -0.05) is 13.5 Å². The second-order valence-corrected chi connectivity index (χ2v) is 3.35. The molecule has 0 spiro atoms. The fourth-order valence-electron chi connectivity index (χ4n) is 1.02. The Morgan fingerprint density at radius 1 is 1.73 bits per heavy atom. The van der Waals surface area contributed by atoms with Gasteiger partial charge in [0.05, 0.1) is 0 Å². The molecule has 1 rings (SSSR count). The van der Waals surface area contributed by atoms with Crippen LogP contribution in [0.1, 0.15) is 17.4 Å². The van der Waals surface area contributed by atoms with E-state index in [4.69, 9.17) is 5.73 Å². The third kappa shape index (κ3) is 1.70. The highest BCUT2D eigenvalue weighted by molar-refractivity contribution is 7.11. The standard InChI is InChI=1S/C9H13NS/c1-3-8-4-5-11-9(8)7(2)6-10/h4-5H,2-3,6,10H2,1H3. The SMILES string of the molecule is C=C(CN)c1sccc1CC. The highest BCUT2D eigenvalue weighted by atomic mass is 32.1. The maximum Gasteiger partial charge on any atom is 0.0341 e. The second kappa shape index (κ2) is 3.69. The van der Waals surface area contributed by atoms with Gasteiger partial charge < -0.3 is 5.73 Å². The first kappa shape index (κ1) is 8.50. The zero-order valence-corrected chi connectivity index (χ0v) is 7.58.